The Hall–Kier alpha value is -1.52. The Morgan fingerprint density at radius 1 is 1.73 bits per heavy atom. The Morgan fingerprint density at radius 3 is 2.73 bits per heavy atom. The normalized spacial score (nSPS) is 9.64. The highest BCUT2D eigenvalue weighted by atomic mass is 16.1. The minimum absolute atomic E-state index is 0.424. The van der Waals surface area contributed by atoms with Crippen LogP contribution in [0.1, 0.15) is 16.1 Å². The van der Waals surface area contributed by atoms with Gasteiger partial charge in [-0.2, -0.15) is 5.10 Å². The molecule has 0 radical (unpaired) electrons. The van der Waals surface area contributed by atoms with E-state index in [0.29, 0.717) is 17.1 Å². The van der Waals surface area contributed by atoms with Crippen LogP contribution in [0.25, 0.3) is 0 Å². The number of aryl methyl sites for hydroxylation is 1. The number of nitrogens with zero attached hydrogens (tertiary/aromatic N) is 1. The molecule has 0 aliphatic carbocycles. The number of H-pyrrole nitrogens is 1. The van der Waals surface area contributed by atoms with Gasteiger partial charge in [-0.05, 0) is 6.92 Å². The first-order chi connectivity index (χ1) is 5.16. The SMILES string of the molecule is CNc1n[nH]c(C)c1C(N)=O. The van der Waals surface area contributed by atoms with E-state index in [-0.39, 0.29) is 0 Å². The van der Waals surface area contributed by atoms with Crippen LogP contribution in [0, 0.1) is 6.92 Å². The van der Waals surface area contributed by atoms with Gasteiger partial charge in [-0.1, -0.05) is 0 Å². The van der Waals surface area contributed by atoms with E-state index in [0.717, 1.165) is 0 Å². The fraction of sp³-hybridized carbons (Fsp3) is 0.333. The second-order valence-electron chi connectivity index (χ2n) is 2.19. The lowest BCUT2D eigenvalue weighted by Gasteiger charge is -1.95. The van der Waals surface area contributed by atoms with Crippen molar-refractivity contribution in [1.29, 1.82) is 0 Å². The van der Waals surface area contributed by atoms with Crippen molar-refractivity contribution in [2.75, 3.05) is 12.4 Å². The van der Waals surface area contributed by atoms with Gasteiger partial charge in [0, 0.05) is 12.7 Å². The number of hydrogen-bond acceptors (Lipinski definition) is 3. The number of carbonyl (C=O) groups excluding carboxylic acids is 1. The lowest BCUT2D eigenvalue weighted by Crippen LogP contribution is -2.13. The van der Waals surface area contributed by atoms with Gasteiger partial charge in [-0.25, -0.2) is 0 Å². The first kappa shape index (κ1) is 7.59. The van der Waals surface area contributed by atoms with Crippen LogP contribution in [-0.4, -0.2) is 23.2 Å². The molecule has 1 rings (SSSR count). The molecule has 0 aromatic carbocycles. The maximum Gasteiger partial charge on any atom is 0.254 e. The van der Waals surface area contributed by atoms with Crippen LogP contribution in [0.15, 0.2) is 0 Å². The zero-order valence-electron chi connectivity index (χ0n) is 6.43. The van der Waals surface area contributed by atoms with Gasteiger partial charge in [0.2, 0.25) is 0 Å². The van der Waals surface area contributed by atoms with E-state index in [1.54, 1.807) is 14.0 Å². The summed E-state index contributed by atoms with van der Waals surface area (Å²) in [5.74, 6) is 0.0237. The van der Waals surface area contributed by atoms with Crippen molar-refractivity contribution in [3.63, 3.8) is 0 Å². The van der Waals surface area contributed by atoms with Crippen molar-refractivity contribution in [3.05, 3.63) is 11.3 Å². The number of hydrogen-bond donors (Lipinski definition) is 3. The number of nitrogens with one attached hydrogen (secondary N) is 2. The van der Waals surface area contributed by atoms with E-state index in [1.165, 1.54) is 0 Å². The van der Waals surface area contributed by atoms with E-state index >= 15 is 0 Å². The van der Waals surface area contributed by atoms with Gasteiger partial charge in [0.25, 0.3) is 5.91 Å². The molecule has 1 aromatic rings. The van der Waals surface area contributed by atoms with Crippen molar-refractivity contribution in [3.8, 4) is 0 Å². The summed E-state index contributed by atoms with van der Waals surface area (Å²) in [7, 11) is 1.68. The first-order valence-corrected chi connectivity index (χ1v) is 3.19. The maximum atomic E-state index is 10.8. The molecule has 5 nitrogen and oxygen atoms in total. The number of rotatable bonds is 2. The Balaban J connectivity index is 3.17. The van der Waals surface area contributed by atoms with Crippen molar-refractivity contribution < 1.29 is 4.79 Å². The summed E-state index contributed by atoms with van der Waals surface area (Å²) >= 11 is 0. The number of aromatic nitrogens is 2. The van der Waals surface area contributed by atoms with Gasteiger partial charge in [0.15, 0.2) is 5.82 Å². The third kappa shape index (κ3) is 1.17. The standard InChI is InChI=1S/C6H10N4O/c1-3-4(5(7)11)6(8-2)10-9-3/h1-2H3,(H2,7,11)(H2,8,9,10). The summed E-state index contributed by atoms with van der Waals surface area (Å²) in [4.78, 5) is 10.8. The van der Waals surface area contributed by atoms with Gasteiger partial charge >= 0.3 is 0 Å². The number of nitrogens with two attached hydrogens (primary N) is 1. The van der Waals surface area contributed by atoms with Crippen molar-refractivity contribution >= 4 is 11.7 Å². The Labute approximate surface area is 64.0 Å². The Kier molecular flexibility index (Phi) is 1.80. The fourth-order valence-electron chi connectivity index (χ4n) is 0.912. The average molecular weight is 154 g/mol. The van der Waals surface area contributed by atoms with Crippen LogP contribution in [0.5, 0.6) is 0 Å². The van der Waals surface area contributed by atoms with Crippen molar-refractivity contribution in [2.24, 2.45) is 5.73 Å². The summed E-state index contributed by atoms with van der Waals surface area (Å²) in [5.41, 5.74) is 6.20. The van der Waals surface area contributed by atoms with Crippen molar-refractivity contribution in [1.82, 2.24) is 10.2 Å². The van der Waals surface area contributed by atoms with Gasteiger partial charge in [-0.15, -0.1) is 0 Å². The summed E-state index contributed by atoms with van der Waals surface area (Å²) < 4.78 is 0. The molecule has 0 fully saturated rings. The predicted molar refractivity (Wildman–Crippen MR) is 41.4 cm³/mol. The second-order valence-corrected chi connectivity index (χ2v) is 2.19. The predicted octanol–water partition coefficient (Wildman–Crippen LogP) is -0.141. The quantitative estimate of drug-likeness (QED) is 0.554. The molecule has 0 aliphatic heterocycles. The molecule has 1 aromatic heterocycles. The van der Waals surface area contributed by atoms with E-state index in [9.17, 15) is 4.79 Å². The second kappa shape index (κ2) is 2.61. The van der Waals surface area contributed by atoms with Crippen LogP contribution in [0.3, 0.4) is 0 Å². The number of amides is 1. The van der Waals surface area contributed by atoms with Crippen LogP contribution in [-0.2, 0) is 0 Å². The summed E-state index contributed by atoms with van der Waals surface area (Å²) in [6, 6.07) is 0. The highest BCUT2D eigenvalue weighted by Crippen LogP contribution is 2.13. The molecule has 1 amide bonds. The smallest absolute Gasteiger partial charge is 0.254 e. The third-order valence-electron chi connectivity index (χ3n) is 1.43. The lowest BCUT2D eigenvalue weighted by atomic mass is 10.2. The molecular formula is C6H10N4O. The summed E-state index contributed by atoms with van der Waals surface area (Å²) in [6.45, 7) is 1.74. The lowest BCUT2D eigenvalue weighted by molar-refractivity contribution is 0.100. The number of carbonyl (C=O) groups is 1. The van der Waals surface area contributed by atoms with E-state index in [2.05, 4.69) is 15.5 Å². The molecule has 11 heavy (non-hydrogen) atoms. The minimum Gasteiger partial charge on any atom is -0.371 e. The zero-order chi connectivity index (χ0) is 8.43. The zero-order valence-corrected chi connectivity index (χ0v) is 6.43. The molecule has 0 atom stereocenters. The van der Waals surface area contributed by atoms with Gasteiger partial charge in [-0.3, -0.25) is 9.89 Å². The van der Waals surface area contributed by atoms with Crippen LogP contribution in [0.2, 0.25) is 0 Å². The van der Waals surface area contributed by atoms with Crippen LogP contribution >= 0.6 is 0 Å². The number of anilines is 1. The molecule has 0 spiro atoms. The van der Waals surface area contributed by atoms with E-state index in [4.69, 9.17) is 5.73 Å². The first-order valence-electron chi connectivity index (χ1n) is 3.19. The molecule has 0 aliphatic rings. The van der Waals surface area contributed by atoms with Gasteiger partial charge < -0.3 is 11.1 Å². The largest absolute Gasteiger partial charge is 0.371 e. The molecular weight excluding hydrogens is 144 g/mol. The number of aromatic amines is 1. The number of primary amides is 1. The molecule has 0 bridgehead atoms. The molecule has 0 saturated heterocycles. The van der Waals surface area contributed by atoms with Crippen LogP contribution in [0.4, 0.5) is 5.82 Å². The van der Waals surface area contributed by atoms with Gasteiger partial charge in [0.1, 0.15) is 5.56 Å². The van der Waals surface area contributed by atoms with E-state index in [1.807, 2.05) is 0 Å². The average Bonchev–Trinajstić information content (AvgIpc) is 2.30. The monoisotopic (exact) mass is 154 g/mol. The highest BCUT2D eigenvalue weighted by molar-refractivity contribution is 5.98. The topological polar surface area (TPSA) is 83.8 Å². The minimum atomic E-state index is -0.472. The van der Waals surface area contributed by atoms with Crippen LogP contribution < -0.4 is 11.1 Å². The molecule has 4 N–H and O–H groups in total. The fourth-order valence-corrected chi connectivity index (χ4v) is 0.912. The van der Waals surface area contributed by atoms with Gasteiger partial charge in [0.05, 0.1) is 0 Å². The third-order valence-corrected chi connectivity index (χ3v) is 1.43. The molecule has 5 heteroatoms. The van der Waals surface area contributed by atoms with Crippen molar-refractivity contribution in [2.45, 2.75) is 6.92 Å². The molecule has 0 saturated carbocycles. The molecule has 0 unspecified atom stereocenters. The Morgan fingerprint density at radius 2 is 2.36 bits per heavy atom. The maximum absolute atomic E-state index is 10.8. The summed E-state index contributed by atoms with van der Waals surface area (Å²) in [6.07, 6.45) is 0. The molecule has 1 heterocycles. The molecule has 60 valence electrons. The Bertz CT molecular complexity index is 278. The van der Waals surface area contributed by atoms with E-state index < -0.39 is 5.91 Å². The summed E-state index contributed by atoms with van der Waals surface area (Å²) in [5, 5.41) is 9.23. The highest BCUT2D eigenvalue weighted by Gasteiger charge is 2.13.